The van der Waals surface area contributed by atoms with Gasteiger partial charge in [0.1, 0.15) is 11.5 Å². The average molecular weight is 389 g/mol. The Balaban J connectivity index is 2.15. The summed E-state index contributed by atoms with van der Waals surface area (Å²) in [6.45, 7) is 0. The summed E-state index contributed by atoms with van der Waals surface area (Å²) in [7, 11) is 0. The number of rotatable bonds is 3. The topological polar surface area (TPSA) is 120 Å². The van der Waals surface area contributed by atoms with Crippen molar-refractivity contribution in [3.8, 4) is 11.5 Å². The number of hydrogen-bond acceptors (Lipinski definition) is 6. The summed E-state index contributed by atoms with van der Waals surface area (Å²) in [5.41, 5.74) is 13.2. The van der Waals surface area contributed by atoms with E-state index in [1.165, 1.54) is 17.8 Å². The lowest BCUT2D eigenvalue weighted by atomic mass is 9.97. The number of amides is 1. The van der Waals surface area contributed by atoms with Crippen LogP contribution in [0, 0.1) is 5.53 Å². The summed E-state index contributed by atoms with van der Waals surface area (Å²) in [6, 6.07) is 17.8. The van der Waals surface area contributed by atoms with Gasteiger partial charge in [-0.2, -0.15) is 0 Å². The summed E-state index contributed by atoms with van der Waals surface area (Å²) in [5.74, 6) is -0.979. The van der Waals surface area contributed by atoms with Crippen molar-refractivity contribution in [3.63, 3.8) is 0 Å². The van der Waals surface area contributed by atoms with E-state index >= 15 is 0 Å². The van der Waals surface area contributed by atoms with Crippen molar-refractivity contribution in [1.29, 1.82) is 5.53 Å². The second-order valence-corrected chi connectivity index (χ2v) is 7.28. The minimum absolute atomic E-state index is 0.00547. The SMILES string of the molecule is N=NC(=O)c1cc(Sc2ccccc2)c2c(O)c3ccccc3c(O)c2c1N. The molecule has 7 heteroatoms. The zero-order chi connectivity index (χ0) is 19.8. The van der Waals surface area contributed by atoms with E-state index in [4.69, 9.17) is 11.3 Å². The molecule has 0 aliphatic heterocycles. The molecule has 0 bridgehead atoms. The summed E-state index contributed by atoms with van der Waals surface area (Å²) in [6.07, 6.45) is 0. The van der Waals surface area contributed by atoms with E-state index in [2.05, 4.69) is 5.11 Å². The zero-order valence-electron chi connectivity index (χ0n) is 14.5. The number of carbonyl (C=O) groups is 1. The Morgan fingerprint density at radius 3 is 2.11 bits per heavy atom. The highest BCUT2D eigenvalue weighted by Gasteiger charge is 2.23. The second-order valence-electron chi connectivity index (χ2n) is 6.16. The number of phenols is 2. The maximum absolute atomic E-state index is 12.2. The number of nitrogens with one attached hydrogen (secondary N) is 1. The van der Waals surface area contributed by atoms with Crippen LogP contribution in [0.3, 0.4) is 0 Å². The molecule has 0 heterocycles. The maximum atomic E-state index is 12.2. The monoisotopic (exact) mass is 389 g/mol. The molecule has 1 amide bonds. The van der Waals surface area contributed by atoms with E-state index < -0.39 is 5.91 Å². The first kappa shape index (κ1) is 17.8. The summed E-state index contributed by atoms with van der Waals surface area (Å²) in [5, 5.41) is 26.3. The summed E-state index contributed by atoms with van der Waals surface area (Å²) >= 11 is 1.32. The molecule has 0 aliphatic carbocycles. The molecule has 0 aromatic heterocycles. The Labute approximate surface area is 164 Å². The number of nitrogens with two attached hydrogens (primary N) is 1. The van der Waals surface area contributed by atoms with Crippen molar-refractivity contribution in [2.75, 3.05) is 5.73 Å². The lowest BCUT2D eigenvalue weighted by molar-refractivity contribution is 0.0991. The third-order valence-corrected chi connectivity index (χ3v) is 5.59. The van der Waals surface area contributed by atoms with Crippen molar-refractivity contribution in [2.24, 2.45) is 5.11 Å². The average Bonchev–Trinajstić information content (AvgIpc) is 2.73. The van der Waals surface area contributed by atoms with Gasteiger partial charge in [-0.1, -0.05) is 54.2 Å². The van der Waals surface area contributed by atoms with Gasteiger partial charge in [-0.25, -0.2) is 5.53 Å². The first-order valence-corrected chi connectivity index (χ1v) is 9.18. The van der Waals surface area contributed by atoms with Crippen LogP contribution in [0.1, 0.15) is 10.4 Å². The van der Waals surface area contributed by atoms with E-state index in [1.54, 1.807) is 24.3 Å². The minimum atomic E-state index is -0.818. The molecule has 0 aliphatic rings. The molecule has 6 nitrogen and oxygen atoms in total. The first-order chi connectivity index (χ1) is 13.5. The number of hydrogen-bond donors (Lipinski definition) is 4. The number of aromatic hydroxyl groups is 2. The molecule has 4 aromatic rings. The summed E-state index contributed by atoms with van der Waals surface area (Å²) in [4.78, 5) is 13.6. The molecule has 0 atom stereocenters. The van der Waals surface area contributed by atoms with Crippen LogP contribution < -0.4 is 5.73 Å². The fourth-order valence-corrected chi connectivity index (χ4v) is 4.28. The Bertz CT molecular complexity index is 1260. The van der Waals surface area contributed by atoms with Gasteiger partial charge >= 0.3 is 0 Å². The molecule has 4 rings (SSSR count). The van der Waals surface area contributed by atoms with Crippen LogP contribution in [0.25, 0.3) is 21.5 Å². The highest BCUT2D eigenvalue weighted by atomic mass is 32.2. The molecule has 5 N–H and O–H groups in total. The second kappa shape index (κ2) is 6.86. The molecule has 0 unspecified atom stereocenters. The molecule has 28 heavy (non-hydrogen) atoms. The largest absolute Gasteiger partial charge is 0.507 e. The third-order valence-electron chi connectivity index (χ3n) is 4.55. The highest BCUT2D eigenvalue weighted by Crippen LogP contribution is 2.49. The Morgan fingerprint density at radius 2 is 1.50 bits per heavy atom. The molecule has 0 saturated heterocycles. The maximum Gasteiger partial charge on any atom is 0.296 e. The van der Waals surface area contributed by atoms with E-state index in [9.17, 15) is 15.0 Å². The van der Waals surface area contributed by atoms with E-state index in [-0.39, 0.29) is 28.1 Å². The molecule has 0 fully saturated rings. The summed E-state index contributed by atoms with van der Waals surface area (Å²) < 4.78 is 0. The Kier molecular flexibility index (Phi) is 4.37. The number of benzene rings is 4. The molecular formula is C21H15N3O3S. The van der Waals surface area contributed by atoms with Crippen LogP contribution in [-0.2, 0) is 0 Å². The Hall–Kier alpha value is -3.58. The van der Waals surface area contributed by atoms with Gasteiger partial charge in [0.2, 0.25) is 0 Å². The predicted octanol–water partition coefficient (Wildman–Crippen LogP) is 5.31. The molecule has 4 aromatic carbocycles. The number of carbonyl (C=O) groups excluding carboxylic acids is 1. The zero-order valence-corrected chi connectivity index (χ0v) is 15.3. The molecule has 138 valence electrons. The van der Waals surface area contributed by atoms with Gasteiger partial charge in [0.15, 0.2) is 0 Å². The lowest BCUT2D eigenvalue weighted by Gasteiger charge is -2.16. The van der Waals surface area contributed by atoms with Gasteiger partial charge < -0.3 is 15.9 Å². The molecule has 0 saturated carbocycles. The fourth-order valence-electron chi connectivity index (χ4n) is 3.25. The number of fused-ring (bicyclic) bond motifs is 2. The van der Waals surface area contributed by atoms with Crippen molar-refractivity contribution in [1.82, 2.24) is 0 Å². The van der Waals surface area contributed by atoms with Crippen molar-refractivity contribution >= 4 is 44.9 Å². The first-order valence-electron chi connectivity index (χ1n) is 8.36. The lowest BCUT2D eigenvalue weighted by Crippen LogP contribution is -2.03. The fraction of sp³-hybridized carbons (Fsp3) is 0. The number of anilines is 1. The van der Waals surface area contributed by atoms with Crippen molar-refractivity contribution < 1.29 is 15.0 Å². The van der Waals surface area contributed by atoms with E-state index in [1.807, 2.05) is 30.3 Å². The van der Waals surface area contributed by atoms with Crippen molar-refractivity contribution in [3.05, 3.63) is 66.2 Å². The van der Waals surface area contributed by atoms with Gasteiger partial charge in [0.05, 0.1) is 16.6 Å². The molecule has 0 spiro atoms. The Morgan fingerprint density at radius 1 is 0.929 bits per heavy atom. The van der Waals surface area contributed by atoms with Crippen LogP contribution in [0.2, 0.25) is 0 Å². The van der Waals surface area contributed by atoms with Crippen LogP contribution in [0.15, 0.2) is 75.6 Å². The molecular weight excluding hydrogens is 374 g/mol. The number of phenolic OH excluding ortho intramolecular Hbond substituents is 2. The van der Waals surface area contributed by atoms with E-state index in [0.29, 0.717) is 21.1 Å². The van der Waals surface area contributed by atoms with Crippen LogP contribution in [0.5, 0.6) is 11.5 Å². The number of nitrogens with zero attached hydrogens (tertiary/aromatic N) is 1. The highest BCUT2D eigenvalue weighted by molar-refractivity contribution is 7.99. The van der Waals surface area contributed by atoms with Gasteiger partial charge in [-0.05, 0) is 18.2 Å². The van der Waals surface area contributed by atoms with Crippen LogP contribution in [-0.4, -0.2) is 16.1 Å². The molecule has 0 radical (unpaired) electrons. The predicted molar refractivity (Wildman–Crippen MR) is 109 cm³/mol. The van der Waals surface area contributed by atoms with Crippen LogP contribution in [0.4, 0.5) is 5.69 Å². The van der Waals surface area contributed by atoms with Gasteiger partial charge in [0, 0.05) is 25.9 Å². The third kappa shape index (κ3) is 2.73. The standard InChI is InChI=1S/C21H15N3O3S/c22-18-14(21(27)24-23)10-15(28-11-6-2-1-3-7-11)16-17(18)20(26)13-9-5-4-8-12(13)19(16)25/h1-10,23,25-26H,22H2. The van der Waals surface area contributed by atoms with Crippen molar-refractivity contribution in [2.45, 2.75) is 9.79 Å². The number of nitrogen functional groups attached to an aromatic ring is 1. The smallest absolute Gasteiger partial charge is 0.296 e. The van der Waals surface area contributed by atoms with Crippen LogP contribution >= 0.6 is 11.8 Å². The van der Waals surface area contributed by atoms with Gasteiger partial charge in [-0.15, -0.1) is 5.11 Å². The quantitative estimate of drug-likeness (QED) is 0.164. The van der Waals surface area contributed by atoms with Gasteiger partial charge in [0.25, 0.3) is 5.91 Å². The van der Waals surface area contributed by atoms with E-state index in [0.717, 1.165) is 4.90 Å². The van der Waals surface area contributed by atoms with Gasteiger partial charge in [-0.3, -0.25) is 4.79 Å². The minimum Gasteiger partial charge on any atom is -0.507 e. The normalized spacial score (nSPS) is 11.0.